The maximum absolute atomic E-state index is 13.5. The van der Waals surface area contributed by atoms with Crippen LogP contribution in [0.1, 0.15) is 11.1 Å². The van der Waals surface area contributed by atoms with Crippen molar-refractivity contribution >= 4 is 35.3 Å². The molecule has 0 heterocycles. The number of hydrogen-bond acceptors (Lipinski definition) is 3. The van der Waals surface area contributed by atoms with E-state index < -0.39 is 17.6 Å². The number of nitrogens with one attached hydrogen (secondary N) is 2. The highest BCUT2D eigenvalue weighted by Gasteiger charge is 2.13. The van der Waals surface area contributed by atoms with E-state index in [1.165, 1.54) is 18.2 Å². The van der Waals surface area contributed by atoms with Gasteiger partial charge < -0.3 is 5.32 Å². The van der Waals surface area contributed by atoms with Gasteiger partial charge >= 0.3 is 11.8 Å². The van der Waals surface area contributed by atoms with Gasteiger partial charge in [-0.1, -0.05) is 35.4 Å². The Morgan fingerprint density at radius 1 is 1.13 bits per heavy atom. The van der Waals surface area contributed by atoms with Gasteiger partial charge in [-0.05, 0) is 31.2 Å². The Hall–Kier alpha value is -2.73. The van der Waals surface area contributed by atoms with E-state index in [9.17, 15) is 14.0 Å². The molecule has 0 radical (unpaired) electrons. The van der Waals surface area contributed by atoms with Crippen molar-refractivity contribution in [2.24, 2.45) is 5.10 Å². The minimum Gasteiger partial charge on any atom is -0.318 e. The number of nitrogens with zero attached hydrogens (tertiary/aromatic N) is 1. The Morgan fingerprint density at radius 3 is 2.48 bits per heavy atom. The molecule has 0 aromatic heterocycles. The van der Waals surface area contributed by atoms with E-state index in [1.807, 2.05) is 12.3 Å². The van der Waals surface area contributed by atoms with E-state index in [2.05, 4.69) is 10.4 Å². The highest BCUT2D eigenvalue weighted by atomic mass is 35.5. The second-order valence-corrected chi connectivity index (χ2v) is 5.06. The number of aryl methyl sites for hydroxylation is 1. The van der Waals surface area contributed by atoms with Crippen LogP contribution in [0.3, 0.4) is 0 Å². The van der Waals surface area contributed by atoms with E-state index in [0.29, 0.717) is 5.69 Å². The molecule has 0 aliphatic rings. The predicted molar refractivity (Wildman–Crippen MR) is 87.0 cm³/mol. The number of carbonyl (C=O) groups excluding carboxylic acids is 2. The highest BCUT2D eigenvalue weighted by molar-refractivity contribution is 6.39. The molecule has 2 N–H and O–H groups in total. The van der Waals surface area contributed by atoms with Crippen LogP contribution in [0, 0.1) is 12.7 Å². The van der Waals surface area contributed by atoms with Crippen molar-refractivity contribution in [1.82, 2.24) is 5.43 Å². The Kier molecular flexibility index (Phi) is 5.43. The third kappa shape index (κ3) is 4.62. The Labute approximate surface area is 137 Å². The first-order chi connectivity index (χ1) is 11.0. The number of rotatable bonds is 3. The van der Waals surface area contributed by atoms with E-state index in [0.717, 1.165) is 11.8 Å². The lowest BCUT2D eigenvalue weighted by atomic mass is 10.2. The Morgan fingerprint density at radius 2 is 1.83 bits per heavy atom. The first-order valence-electron chi connectivity index (χ1n) is 6.62. The smallest absolute Gasteiger partial charge is 0.318 e. The molecule has 0 aliphatic carbocycles. The molecule has 0 saturated heterocycles. The van der Waals surface area contributed by atoms with Gasteiger partial charge in [0.15, 0.2) is 0 Å². The van der Waals surface area contributed by atoms with E-state index in [4.69, 9.17) is 11.6 Å². The summed E-state index contributed by atoms with van der Waals surface area (Å²) in [5.41, 5.74) is 3.54. The number of halogens is 2. The number of hydrazone groups is 1. The standard InChI is InChI=1S/C16H13ClFN3O2/c1-10-5-7-11(8-6-10)20-15(22)16(23)21-19-9-12-13(17)3-2-4-14(12)18/h2-9H,1H3,(H,20,22)(H,21,23)/b19-9+. The summed E-state index contributed by atoms with van der Waals surface area (Å²) in [6.07, 6.45) is 1.04. The van der Waals surface area contributed by atoms with Gasteiger partial charge in [0.25, 0.3) is 0 Å². The molecule has 0 bridgehead atoms. The average Bonchev–Trinajstić information content (AvgIpc) is 2.52. The largest absolute Gasteiger partial charge is 0.329 e. The number of hydrogen-bond donors (Lipinski definition) is 2. The molecule has 0 atom stereocenters. The van der Waals surface area contributed by atoms with Gasteiger partial charge in [-0.15, -0.1) is 0 Å². The molecular formula is C16H13ClFN3O2. The number of amides is 2. The second kappa shape index (κ2) is 7.51. The van der Waals surface area contributed by atoms with Crippen molar-refractivity contribution in [2.75, 3.05) is 5.32 Å². The summed E-state index contributed by atoms with van der Waals surface area (Å²) in [6, 6.07) is 11.1. The van der Waals surface area contributed by atoms with Gasteiger partial charge in [-0.25, -0.2) is 9.82 Å². The molecule has 0 saturated carbocycles. The summed E-state index contributed by atoms with van der Waals surface area (Å²) in [4.78, 5) is 23.3. The maximum Gasteiger partial charge on any atom is 0.329 e. The number of carbonyl (C=O) groups is 2. The van der Waals surface area contributed by atoms with Crippen LogP contribution >= 0.6 is 11.6 Å². The molecule has 5 nitrogen and oxygen atoms in total. The summed E-state index contributed by atoms with van der Waals surface area (Å²) in [6.45, 7) is 1.90. The van der Waals surface area contributed by atoms with E-state index in [1.54, 1.807) is 24.3 Å². The van der Waals surface area contributed by atoms with Crippen molar-refractivity contribution in [3.05, 3.63) is 64.4 Å². The summed E-state index contributed by atoms with van der Waals surface area (Å²) >= 11 is 5.80. The van der Waals surface area contributed by atoms with Crippen LogP contribution in [0.5, 0.6) is 0 Å². The predicted octanol–water partition coefficient (Wildman–Crippen LogP) is 2.88. The average molecular weight is 334 g/mol. The van der Waals surface area contributed by atoms with Crippen LogP contribution in [0.25, 0.3) is 0 Å². The molecule has 2 aromatic rings. The number of anilines is 1. The highest BCUT2D eigenvalue weighted by Crippen LogP contribution is 2.16. The summed E-state index contributed by atoms with van der Waals surface area (Å²) in [7, 11) is 0. The molecule has 7 heteroatoms. The SMILES string of the molecule is Cc1ccc(NC(=O)C(=O)N/N=C/c2c(F)cccc2Cl)cc1. The molecule has 2 amide bonds. The molecule has 118 valence electrons. The first-order valence-corrected chi connectivity index (χ1v) is 7.00. The van der Waals surface area contributed by atoms with Gasteiger partial charge in [0.05, 0.1) is 11.2 Å². The van der Waals surface area contributed by atoms with Gasteiger partial charge in [-0.3, -0.25) is 9.59 Å². The van der Waals surface area contributed by atoms with E-state index >= 15 is 0 Å². The van der Waals surface area contributed by atoms with Crippen molar-refractivity contribution in [1.29, 1.82) is 0 Å². The Bertz CT molecular complexity index is 740. The zero-order chi connectivity index (χ0) is 16.8. The monoisotopic (exact) mass is 333 g/mol. The third-order valence-electron chi connectivity index (χ3n) is 2.88. The van der Waals surface area contributed by atoms with E-state index in [-0.39, 0.29) is 10.6 Å². The van der Waals surface area contributed by atoms with Gasteiger partial charge in [-0.2, -0.15) is 5.10 Å². The molecule has 23 heavy (non-hydrogen) atoms. The second-order valence-electron chi connectivity index (χ2n) is 4.65. The zero-order valence-electron chi connectivity index (χ0n) is 12.1. The van der Waals surface area contributed by atoms with Crippen LogP contribution in [0.2, 0.25) is 5.02 Å². The quantitative estimate of drug-likeness (QED) is 0.515. The van der Waals surface area contributed by atoms with Gasteiger partial charge in [0, 0.05) is 11.3 Å². The zero-order valence-corrected chi connectivity index (χ0v) is 12.9. The summed E-state index contributed by atoms with van der Waals surface area (Å²) < 4.78 is 13.5. The maximum atomic E-state index is 13.5. The minimum atomic E-state index is -0.978. The summed E-state index contributed by atoms with van der Waals surface area (Å²) in [5.74, 6) is -2.44. The van der Waals surface area contributed by atoms with Crippen molar-refractivity contribution in [3.8, 4) is 0 Å². The molecule has 0 aliphatic heterocycles. The summed E-state index contributed by atoms with van der Waals surface area (Å²) in [5, 5.41) is 6.09. The fourth-order valence-corrected chi connectivity index (χ4v) is 1.88. The van der Waals surface area contributed by atoms with Crippen LogP contribution in [0.4, 0.5) is 10.1 Å². The molecular weight excluding hydrogens is 321 g/mol. The topological polar surface area (TPSA) is 70.6 Å². The van der Waals surface area contributed by atoms with Crippen LogP contribution in [-0.2, 0) is 9.59 Å². The molecule has 2 aromatic carbocycles. The fraction of sp³-hybridized carbons (Fsp3) is 0.0625. The molecule has 0 spiro atoms. The lowest BCUT2D eigenvalue weighted by molar-refractivity contribution is -0.136. The normalized spacial score (nSPS) is 10.6. The fourth-order valence-electron chi connectivity index (χ4n) is 1.67. The van der Waals surface area contributed by atoms with Gasteiger partial charge in [0.1, 0.15) is 5.82 Å². The van der Waals surface area contributed by atoms with Crippen LogP contribution < -0.4 is 10.7 Å². The minimum absolute atomic E-state index is 0.0217. The van der Waals surface area contributed by atoms with Crippen molar-refractivity contribution in [2.45, 2.75) is 6.92 Å². The Balaban J connectivity index is 1.95. The molecule has 0 fully saturated rings. The van der Waals surface area contributed by atoms with Crippen molar-refractivity contribution < 1.29 is 14.0 Å². The molecule has 2 rings (SSSR count). The van der Waals surface area contributed by atoms with Crippen molar-refractivity contribution in [3.63, 3.8) is 0 Å². The third-order valence-corrected chi connectivity index (χ3v) is 3.20. The van der Waals surface area contributed by atoms with Gasteiger partial charge in [0.2, 0.25) is 0 Å². The molecule has 0 unspecified atom stereocenters. The first kappa shape index (κ1) is 16.6. The lowest BCUT2D eigenvalue weighted by Gasteiger charge is -2.04. The van der Waals surface area contributed by atoms with Crippen LogP contribution in [-0.4, -0.2) is 18.0 Å². The lowest BCUT2D eigenvalue weighted by Crippen LogP contribution is -2.32. The van der Waals surface area contributed by atoms with Crippen LogP contribution in [0.15, 0.2) is 47.6 Å². The number of benzene rings is 2.